The first-order chi connectivity index (χ1) is 13.4. The van der Waals surface area contributed by atoms with E-state index in [0.29, 0.717) is 11.4 Å². The molecule has 1 aliphatic rings. The third-order valence-electron chi connectivity index (χ3n) is 4.81. The van der Waals surface area contributed by atoms with Crippen molar-refractivity contribution in [1.82, 2.24) is 15.1 Å². The normalized spacial score (nSPS) is 13.4. The van der Waals surface area contributed by atoms with Gasteiger partial charge in [0, 0.05) is 23.7 Å². The minimum Gasteiger partial charge on any atom is -0.348 e. The Hall–Kier alpha value is -3.48. The van der Waals surface area contributed by atoms with Crippen molar-refractivity contribution in [2.45, 2.75) is 32.7 Å². The van der Waals surface area contributed by atoms with Crippen molar-refractivity contribution in [3.63, 3.8) is 0 Å². The summed E-state index contributed by atoms with van der Waals surface area (Å²) in [5.41, 5.74) is 4.76. The van der Waals surface area contributed by atoms with Crippen molar-refractivity contribution in [1.29, 1.82) is 0 Å². The van der Waals surface area contributed by atoms with E-state index in [1.165, 1.54) is 12.1 Å². The molecule has 1 N–H and O–H groups in total. The highest BCUT2D eigenvalue weighted by molar-refractivity contribution is 5.94. The molecule has 0 bridgehead atoms. The number of aromatic nitrogens is 2. The fourth-order valence-electron chi connectivity index (χ4n) is 3.15. The number of amides is 1. The first kappa shape index (κ1) is 17.9. The highest BCUT2D eigenvalue weighted by Crippen LogP contribution is 2.26. The summed E-state index contributed by atoms with van der Waals surface area (Å²) in [5, 5.41) is 18.5. The van der Waals surface area contributed by atoms with Gasteiger partial charge in [0.15, 0.2) is 0 Å². The molecule has 7 heteroatoms. The summed E-state index contributed by atoms with van der Waals surface area (Å²) in [6, 6.07) is 14.1. The minimum atomic E-state index is -0.438. The Labute approximate surface area is 162 Å². The molecule has 0 atom stereocenters. The number of hydrogen-bond donors (Lipinski definition) is 1. The van der Waals surface area contributed by atoms with Gasteiger partial charge in [0.2, 0.25) is 0 Å². The second-order valence-corrected chi connectivity index (χ2v) is 7.17. The minimum absolute atomic E-state index is 0.0178. The van der Waals surface area contributed by atoms with E-state index in [0.717, 1.165) is 35.2 Å². The Morgan fingerprint density at radius 2 is 1.86 bits per heavy atom. The number of nitro benzene ring substituents is 1. The molecular weight excluding hydrogens is 356 g/mol. The number of carbonyl (C=O) groups is 1. The Balaban J connectivity index is 1.79. The molecule has 7 nitrogen and oxygen atoms in total. The highest BCUT2D eigenvalue weighted by Gasteiger charge is 2.26. The van der Waals surface area contributed by atoms with Crippen LogP contribution in [0.3, 0.4) is 0 Å². The van der Waals surface area contributed by atoms with Crippen LogP contribution in [0.1, 0.15) is 34.5 Å². The van der Waals surface area contributed by atoms with Gasteiger partial charge in [-0.3, -0.25) is 14.9 Å². The standard InChI is InChI=1S/C21H20N4O3/c1-13-3-10-19(14(2)11-13)24-20(21(26)22-16-6-7-16)12-18(23-24)15-4-8-17(9-5-15)25(27)28/h3-5,8-12,16H,6-7H2,1-2H3,(H,22,26). The fraction of sp³-hybridized carbons (Fsp3) is 0.238. The van der Waals surface area contributed by atoms with Gasteiger partial charge in [-0.25, -0.2) is 4.68 Å². The number of nitrogens with zero attached hydrogens (tertiary/aromatic N) is 3. The second-order valence-electron chi connectivity index (χ2n) is 7.17. The van der Waals surface area contributed by atoms with Gasteiger partial charge in [0.05, 0.1) is 16.3 Å². The molecule has 1 aliphatic carbocycles. The molecule has 0 saturated heterocycles. The molecule has 4 rings (SSSR count). The SMILES string of the molecule is Cc1ccc(-n2nc(-c3ccc([N+](=O)[O-])cc3)cc2C(=O)NC2CC2)c(C)c1. The van der Waals surface area contributed by atoms with E-state index in [2.05, 4.69) is 10.4 Å². The molecule has 1 saturated carbocycles. The van der Waals surface area contributed by atoms with Gasteiger partial charge in [-0.05, 0) is 56.5 Å². The van der Waals surface area contributed by atoms with E-state index < -0.39 is 4.92 Å². The quantitative estimate of drug-likeness (QED) is 0.539. The van der Waals surface area contributed by atoms with Gasteiger partial charge < -0.3 is 5.32 Å². The summed E-state index contributed by atoms with van der Waals surface area (Å²) in [4.78, 5) is 23.2. The van der Waals surface area contributed by atoms with E-state index in [9.17, 15) is 14.9 Å². The molecule has 142 valence electrons. The van der Waals surface area contributed by atoms with Gasteiger partial charge >= 0.3 is 0 Å². The highest BCUT2D eigenvalue weighted by atomic mass is 16.6. The molecule has 0 aliphatic heterocycles. The van der Waals surface area contributed by atoms with Crippen LogP contribution >= 0.6 is 0 Å². The molecule has 1 heterocycles. The van der Waals surface area contributed by atoms with Crippen LogP contribution in [0, 0.1) is 24.0 Å². The molecule has 1 amide bonds. The number of benzene rings is 2. The zero-order valence-corrected chi connectivity index (χ0v) is 15.7. The zero-order chi connectivity index (χ0) is 19.8. The smallest absolute Gasteiger partial charge is 0.270 e. The lowest BCUT2D eigenvalue weighted by Crippen LogP contribution is -2.27. The average molecular weight is 376 g/mol. The summed E-state index contributed by atoms with van der Waals surface area (Å²) in [6.07, 6.45) is 2.00. The predicted molar refractivity (Wildman–Crippen MR) is 106 cm³/mol. The average Bonchev–Trinajstić information content (AvgIpc) is 3.36. The molecular formula is C21H20N4O3. The molecule has 0 spiro atoms. The second kappa shape index (κ2) is 6.92. The number of nitro groups is 1. The fourth-order valence-corrected chi connectivity index (χ4v) is 3.15. The van der Waals surface area contributed by atoms with Crippen LogP contribution < -0.4 is 5.32 Å². The molecule has 2 aromatic carbocycles. The molecule has 1 aromatic heterocycles. The van der Waals surface area contributed by atoms with Crippen LogP contribution in [-0.2, 0) is 0 Å². The van der Waals surface area contributed by atoms with Crippen molar-refractivity contribution < 1.29 is 9.72 Å². The van der Waals surface area contributed by atoms with Crippen LogP contribution in [0.5, 0.6) is 0 Å². The first-order valence-corrected chi connectivity index (χ1v) is 9.16. The van der Waals surface area contributed by atoms with Crippen LogP contribution in [-0.4, -0.2) is 26.7 Å². The lowest BCUT2D eigenvalue weighted by atomic mass is 10.1. The summed E-state index contributed by atoms with van der Waals surface area (Å²) in [6.45, 7) is 4.00. The maximum atomic E-state index is 12.8. The number of hydrogen-bond acceptors (Lipinski definition) is 4. The number of rotatable bonds is 5. The molecule has 28 heavy (non-hydrogen) atoms. The van der Waals surface area contributed by atoms with E-state index >= 15 is 0 Å². The first-order valence-electron chi connectivity index (χ1n) is 9.16. The van der Waals surface area contributed by atoms with Gasteiger partial charge in [-0.2, -0.15) is 5.10 Å². The summed E-state index contributed by atoms with van der Waals surface area (Å²) in [7, 11) is 0. The van der Waals surface area contributed by atoms with Crippen LogP contribution in [0.25, 0.3) is 16.9 Å². The van der Waals surface area contributed by atoms with Crippen molar-refractivity contribution in [3.8, 4) is 16.9 Å². The maximum Gasteiger partial charge on any atom is 0.270 e. The topological polar surface area (TPSA) is 90.1 Å². The van der Waals surface area contributed by atoms with Crippen molar-refractivity contribution >= 4 is 11.6 Å². The Kier molecular flexibility index (Phi) is 4.43. The Morgan fingerprint density at radius 1 is 1.14 bits per heavy atom. The zero-order valence-electron chi connectivity index (χ0n) is 15.7. The summed E-state index contributed by atoms with van der Waals surface area (Å²) >= 11 is 0. The van der Waals surface area contributed by atoms with Gasteiger partial charge in [0.25, 0.3) is 11.6 Å². The number of non-ortho nitro benzene ring substituents is 1. The van der Waals surface area contributed by atoms with E-state index in [1.807, 2.05) is 32.0 Å². The third kappa shape index (κ3) is 3.51. The van der Waals surface area contributed by atoms with E-state index in [-0.39, 0.29) is 17.6 Å². The van der Waals surface area contributed by atoms with Gasteiger partial charge in [0.1, 0.15) is 5.69 Å². The van der Waals surface area contributed by atoms with Gasteiger partial charge in [-0.1, -0.05) is 17.7 Å². The summed E-state index contributed by atoms with van der Waals surface area (Å²) in [5.74, 6) is -0.164. The van der Waals surface area contributed by atoms with E-state index in [1.54, 1.807) is 22.9 Å². The van der Waals surface area contributed by atoms with E-state index in [4.69, 9.17) is 0 Å². The lowest BCUT2D eigenvalue weighted by Gasteiger charge is -2.11. The number of nitrogens with one attached hydrogen (secondary N) is 1. The number of carbonyl (C=O) groups excluding carboxylic acids is 1. The van der Waals surface area contributed by atoms with Crippen molar-refractivity contribution in [2.24, 2.45) is 0 Å². The van der Waals surface area contributed by atoms with Gasteiger partial charge in [-0.15, -0.1) is 0 Å². The maximum absolute atomic E-state index is 12.8. The largest absolute Gasteiger partial charge is 0.348 e. The van der Waals surface area contributed by atoms with Crippen LogP contribution in [0.2, 0.25) is 0 Å². The summed E-state index contributed by atoms with van der Waals surface area (Å²) < 4.78 is 1.66. The molecule has 1 fully saturated rings. The Bertz CT molecular complexity index is 1070. The van der Waals surface area contributed by atoms with Crippen molar-refractivity contribution in [3.05, 3.63) is 75.5 Å². The lowest BCUT2D eigenvalue weighted by molar-refractivity contribution is -0.384. The molecule has 0 unspecified atom stereocenters. The molecule has 0 radical (unpaired) electrons. The monoisotopic (exact) mass is 376 g/mol. The van der Waals surface area contributed by atoms with Crippen molar-refractivity contribution in [2.75, 3.05) is 0 Å². The molecule has 3 aromatic rings. The third-order valence-corrected chi connectivity index (χ3v) is 4.81. The Morgan fingerprint density at radius 3 is 2.46 bits per heavy atom. The number of aryl methyl sites for hydroxylation is 2. The van der Waals surface area contributed by atoms with Crippen LogP contribution in [0.15, 0.2) is 48.5 Å². The van der Waals surface area contributed by atoms with Crippen LogP contribution in [0.4, 0.5) is 5.69 Å². The predicted octanol–water partition coefficient (Wildman–Crippen LogP) is 3.96.